The van der Waals surface area contributed by atoms with E-state index in [0.717, 1.165) is 31.8 Å². The van der Waals surface area contributed by atoms with Crippen LogP contribution in [0.5, 0.6) is 0 Å². The lowest BCUT2D eigenvalue weighted by Crippen LogP contribution is -2.43. The van der Waals surface area contributed by atoms with Gasteiger partial charge in [-0.1, -0.05) is 18.9 Å². The summed E-state index contributed by atoms with van der Waals surface area (Å²) in [6.45, 7) is 2.06. The van der Waals surface area contributed by atoms with Crippen LogP contribution in [0.3, 0.4) is 0 Å². The molecule has 106 valence electrons. The summed E-state index contributed by atoms with van der Waals surface area (Å²) in [6.07, 6.45) is 8.25. The third-order valence-corrected chi connectivity index (χ3v) is 3.56. The highest BCUT2D eigenvalue weighted by Crippen LogP contribution is 2.29. The predicted octanol–water partition coefficient (Wildman–Crippen LogP) is 2.24. The summed E-state index contributed by atoms with van der Waals surface area (Å²) in [7, 11) is 0. The van der Waals surface area contributed by atoms with Crippen molar-refractivity contribution in [3.8, 4) is 0 Å². The maximum atomic E-state index is 12.1. The number of carbonyl (C=O) groups excluding carboxylic acids is 1. The molecule has 1 aromatic rings. The Morgan fingerprint density at radius 1 is 1.35 bits per heavy atom. The van der Waals surface area contributed by atoms with Gasteiger partial charge in [-0.25, -0.2) is 4.79 Å². The molecule has 2 N–H and O–H groups in total. The molecule has 0 spiro atoms. The summed E-state index contributed by atoms with van der Waals surface area (Å²) in [5, 5.41) is 11.6. The minimum Gasteiger partial charge on any atom is -0.478 e. The fraction of sp³-hybridized carbons (Fsp3) is 0.400. The normalized spacial score (nSPS) is 17.2. The van der Waals surface area contributed by atoms with E-state index in [0.29, 0.717) is 11.3 Å². The lowest BCUT2D eigenvalue weighted by molar-refractivity contribution is -0.131. The number of carbonyl (C=O) groups is 2. The van der Waals surface area contributed by atoms with Gasteiger partial charge in [0.25, 0.3) is 5.91 Å². The molecule has 1 aromatic heterocycles. The number of hydrogen-bond donors (Lipinski definition) is 2. The molecule has 2 rings (SSSR count). The van der Waals surface area contributed by atoms with Gasteiger partial charge in [-0.05, 0) is 37.5 Å². The lowest BCUT2D eigenvalue weighted by atomic mass is 10.0. The fourth-order valence-electron chi connectivity index (χ4n) is 2.42. The Kier molecular flexibility index (Phi) is 4.17. The minimum atomic E-state index is -1.01. The van der Waals surface area contributed by atoms with Crippen LogP contribution in [0.1, 0.15) is 48.7 Å². The second kappa shape index (κ2) is 5.86. The molecule has 0 aliphatic heterocycles. The number of hydrogen-bond acceptors (Lipinski definition) is 3. The van der Waals surface area contributed by atoms with Crippen molar-refractivity contribution in [2.24, 2.45) is 0 Å². The Morgan fingerprint density at radius 2 is 2.05 bits per heavy atom. The topological polar surface area (TPSA) is 79.3 Å². The van der Waals surface area contributed by atoms with Crippen molar-refractivity contribution >= 4 is 18.0 Å². The van der Waals surface area contributed by atoms with Crippen LogP contribution in [0.2, 0.25) is 0 Å². The molecular formula is C15H18N2O3. The number of carboxylic acids is 1. The predicted molar refractivity (Wildman–Crippen MR) is 75.2 cm³/mol. The number of pyridine rings is 1. The lowest BCUT2D eigenvalue weighted by Gasteiger charge is -2.24. The number of carboxylic acid groups (broad SMARTS) is 1. The number of amides is 1. The molecule has 0 aromatic carbocycles. The van der Waals surface area contributed by atoms with Crippen LogP contribution in [-0.4, -0.2) is 27.5 Å². The average Bonchev–Trinajstić information content (AvgIpc) is 2.83. The highest BCUT2D eigenvalue weighted by molar-refractivity contribution is 5.93. The van der Waals surface area contributed by atoms with Crippen LogP contribution in [0.25, 0.3) is 6.08 Å². The van der Waals surface area contributed by atoms with Crippen LogP contribution >= 0.6 is 0 Å². The van der Waals surface area contributed by atoms with Gasteiger partial charge in [-0.3, -0.25) is 9.78 Å². The van der Waals surface area contributed by atoms with Crippen LogP contribution in [-0.2, 0) is 4.79 Å². The molecular weight excluding hydrogens is 256 g/mol. The first-order valence-electron chi connectivity index (χ1n) is 6.68. The van der Waals surface area contributed by atoms with Gasteiger partial charge >= 0.3 is 5.97 Å². The summed E-state index contributed by atoms with van der Waals surface area (Å²) in [4.78, 5) is 26.6. The van der Waals surface area contributed by atoms with E-state index in [1.165, 1.54) is 12.3 Å². The van der Waals surface area contributed by atoms with Gasteiger partial charge in [0.2, 0.25) is 0 Å². The molecule has 1 amide bonds. The SMILES string of the molecule is CC1(NC(=O)c2ccc(C=CC(=O)O)cn2)CCCC1. The molecule has 0 atom stereocenters. The average molecular weight is 274 g/mol. The molecule has 1 heterocycles. The van der Waals surface area contributed by atoms with E-state index in [2.05, 4.69) is 17.2 Å². The molecule has 0 saturated heterocycles. The maximum absolute atomic E-state index is 12.1. The molecule has 20 heavy (non-hydrogen) atoms. The first-order valence-corrected chi connectivity index (χ1v) is 6.68. The molecule has 1 saturated carbocycles. The molecule has 1 fully saturated rings. The van der Waals surface area contributed by atoms with Crippen molar-refractivity contribution in [1.82, 2.24) is 10.3 Å². The first kappa shape index (κ1) is 14.2. The summed E-state index contributed by atoms with van der Waals surface area (Å²) in [6, 6.07) is 3.29. The second-order valence-electron chi connectivity index (χ2n) is 5.37. The van der Waals surface area contributed by atoms with Crippen molar-refractivity contribution in [3.05, 3.63) is 35.7 Å². The van der Waals surface area contributed by atoms with Crippen LogP contribution < -0.4 is 5.32 Å². The van der Waals surface area contributed by atoms with Crippen molar-refractivity contribution < 1.29 is 14.7 Å². The Labute approximate surface area is 117 Å². The molecule has 5 nitrogen and oxygen atoms in total. The van der Waals surface area contributed by atoms with E-state index in [1.54, 1.807) is 12.1 Å². The molecule has 1 aliphatic rings. The summed E-state index contributed by atoms with van der Waals surface area (Å²) in [5.74, 6) is -1.19. The van der Waals surface area contributed by atoms with Crippen molar-refractivity contribution in [3.63, 3.8) is 0 Å². The summed E-state index contributed by atoms with van der Waals surface area (Å²) >= 11 is 0. The van der Waals surface area contributed by atoms with Crippen molar-refractivity contribution in [1.29, 1.82) is 0 Å². The zero-order valence-electron chi connectivity index (χ0n) is 11.4. The van der Waals surface area contributed by atoms with Gasteiger partial charge in [-0.15, -0.1) is 0 Å². The smallest absolute Gasteiger partial charge is 0.328 e. The van der Waals surface area contributed by atoms with Gasteiger partial charge in [-0.2, -0.15) is 0 Å². The van der Waals surface area contributed by atoms with Crippen molar-refractivity contribution in [2.75, 3.05) is 0 Å². The van der Waals surface area contributed by atoms with Crippen molar-refractivity contribution in [2.45, 2.75) is 38.1 Å². The van der Waals surface area contributed by atoms with Gasteiger partial charge < -0.3 is 10.4 Å². The summed E-state index contributed by atoms with van der Waals surface area (Å²) < 4.78 is 0. The quantitative estimate of drug-likeness (QED) is 0.825. The van der Waals surface area contributed by atoms with Gasteiger partial charge in [0.1, 0.15) is 5.69 Å². The Hall–Kier alpha value is -2.17. The Bertz CT molecular complexity index is 529. The number of nitrogens with zero attached hydrogens (tertiary/aromatic N) is 1. The highest BCUT2D eigenvalue weighted by atomic mass is 16.4. The van der Waals surface area contributed by atoms with E-state index >= 15 is 0 Å². The second-order valence-corrected chi connectivity index (χ2v) is 5.37. The van der Waals surface area contributed by atoms with Gasteiger partial charge in [0, 0.05) is 17.8 Å². The standard InChI is InChI=1S/C15H18N2O3/c1-15(8-2-3-9-15)17-14(20)12-6-4-11(10-16-12)5-7-13(18)19/h4-7,10H,2-3,8-9H2,1H3,(H,17,20)(H,18,19). The largest absolute Gasteiger partial charge is 0.478 e. The Morgan fingerprint density at radius 3 is 2.60 bits per heavy atom. The molecule has 0 radical (unpaired) electrons. The van der Waals surface area contributed by atoms with Gasteiger partial charge in [0.15, 0.2) is 0 Å². The van der Waals surface area contributed by atoms with Crippen LogP contribution in [0.15, 0.2) is 24.4 Å². The summed E-state index contributed by atoms with van der Waals surface area (Å²) in [5.41, 5.74) is 0.877. The first-order chi connectivity index (χ1) is 9.48. The molecule has 1 aliphatic carbocycles. The number of aliphatic carboxylic acids is 1. The van der Waals surface area contributed by atoms with E-state index in [4.69, 9.17) is 5.11 Å². The zero-order valence-corrected chi connectivity index (χ0v) is 11.4. The van der Waals surface area contributed by atoms with Crippen LogP contribution in [0, 0.1) is 0 Å². The van der Waals surface area contributed by atoms with Gasteiger partial charge in [0.05, 0.1) is 0 Å². The minimum absolute atomic E-state index is 0.124. The monoisotopic (exact) mass is 274 g/mol. The highest BCUT2D eigenvalue weighted by Gasteiger charge is 2.30. The Balaban J connectivity index is 2.02. The number of aromatic nitrogens is 1. The molecule has 0 bridgehead atoms. The van der Waals surface area contributed by atoms with E-state index in [1.807, 2.05) is 0 Å². The third-order valence-electron chi connectivity index (χ3n) is 3.56. The molecule has 5 heteroatoms. The number of nitrogens with one attached hydrogen (secondary N) is 1. The van der Waals surface area contributed by atoms with E-state index in [-0.39, 0.29) is 11.4 Å². The maximum Gasteiger partial charge on any atom is 0.328 e. The van der Waals surface area contributed by atoms with E-state index in [9.17, 15) is 9.59 Å². The molecule has 0 unspecified atom stereocenters. The zero-order chi connectivity index (χ0) is 14.6. The van der Waals surface area contributed by atoms with Crippen LogP contribution in [0.4, 0.5) is 0 Å². The number of rotatable bonds is 4. The van der Waals surface area contributed by atoms with E-state index < -0.39 is 5.97 Å². The fourth-order valence-corrected chi connectivity index (χ4v) is 2.42. The third kappa shape index (κ3) is 3.66.